The van der Waals surface area contributed by atoms with Crippen LogP contribution in [-0.2, 0) is 0 Å². The second kappa shape index (κ2) is 4.98. The number of ether oxygens (including phenoxy) is 1. The number of anilines is 1. The van der Waals surface area contributed by atoms with Crippen LogP contribution in [0.3, 0.4) is 0 Å². The molecule has 0 spiro atoms. The van der Waals surface area contributed by atoms with Gasteiger partial charge in [-0.15, -0.1) is 11.3 Å². The first-order valence-electron chi connectivity index (χ1n) is 5.15. The summed E-state index contributed by atoms with van der Waals surface area (Å²) in [6.07, 6.45) is 0. The van der Waals surface area contributed by atoms with E-state index >= 15 is 0 Å². The van der Waals surface area contributed by atoms with Crippen molar-refractivity contribution < 1.29 is 4.74 Å². The SMILES string of the molecule is COc1ccc(-c2s[c]c(N(C)C)c2Cl)cc1. The highest BCUT2D eigenvalue weighted by Gasteiger charge is 2.13. The Balaban J connectivity index is 2.39. The Kier molecular flexibility index (Phi) is 3.60. The molecule has 0 saturated heterocycles. The van der Waals surface area contributed by atoms with Gasteiger partial charge >= 0.3 is 0 Å². The summed E-state index contributed by atoms with van der Waals surface area (Å²) in [4.78, 5) is 3.00. The minimum atomic E-state index is 0.755. The molecule has 1 aromatic heterocycles. The van der Waals surface area contributed by atoms with E-state index in [1.54, 1.807) is 7.11 Å². The van der Waals surface area contributed by atoms with Crippen LogP contribution in [0.4, 0.5) is 5.69 Å². The fourth-order valence-electron chi connectivity index (χ4n) is 1.51. The third-order valence-corrected chi connectivity index (χ3v) is 3.88. The molecule has 0 fully saturated rings. The minimum absolute atomic E-state index is 0.755. The Morgan fingerprint density at radius 3 is 2.35 bits per heavy atom. The van der Waals surface area contributed by atoms with E-state index in [0.29, 0.717) is 0 Å². The predicted octanol–water partition coefficient (Wildman–Crippen LogP) is 3.94. The van der Waals surface area contributed by atoms with E-state index in [2.05, 4.69) is 5.38 Å². The molecule has 1 radical (unpaired) electrons. The van der Waals surface area contributed by atoms with Crippen LogP contribution in [0.15, 0.2) is 24.3 Å². The molecule has 0 unspecified atom stereocenters. The lowest BCUT2D eigenvalue weighted by Crippen LogP contribution is -2.07. The van der Waals surface area contributed by atoms with Crippen molar-refractivity contribution in [1.82, 2.24) is 0 Å². The highest BCUT2D eigenvalue weighted by molar-refractivity contribution is 7.14. The predicted molar refractivity (Wildman–Crippen MR) is 74.5 cm³/mol. The number of benzene rings is 1. The zero-order valence-electron chi connectivity index (χ0n) is 9.95. The molecule has 1 aromatic carbocycles. The number of rotatable bonds is 3. The van der Waals surface area contributed by atoms with Crippen molar-refractivity contribution in [1.29, 1.82) is 0 Å². The molecule has 2 nitrogen and oxygen atoms in total. The molecule has 0 aliphatic rings. The van der Waals surface area contributed by atoms with Gasteiger partial charge in [0, 0.05) is 14.1 Å². The maximum atomic E-state index is 6.33. The number of hydrogen-bond donors (Lipinski definition) is 0. The third-order valence-electron chi connectivity index (χ3n) is 2.46. The second-order valence-corrected chi connectivity index (χ2v) is 5.01. The minimum Gasteiger partial charge on any atom is -0.497 e. The van der Waals surface area contributed by atoms with Crippen molar-refractivity contribution in [2.75, 3.05) is 26.1 Å². The summed E-state index contributed by atoms with van der Waals surface area (Å²) >= 11 is 7.87. The van der Waals surface area contributed by atoms with Gasteiger partial charge in [0.25, 0.3) is 0 Å². The Morgan fingerprint density at radius 2 is 1.88 bits per heavy atom. The normalized spacial score (nSPS) is 10.4. The Morgan fingerprint density at radius 1 is 1.24 bits per heavy atom. The molecule has 0 bridgehead atoms. The summed E-state index contributed by atoms with van der Waals surface area (Å²) in [7, 11) is 5.58. The molecule has 0 N–H and O–H groups in total. The summed E-state index contributed by atoms with van der Waals surface area (Å²) in [6.45, 7) is 0. The largest absolute Gasteiger partial charge is 0.497 e. The fourth-order valence-corrected chi connectivity index (χ4v) is 2.93. The lowest BCUT2D eigenvalue weighted by Gasteiger charge is -2.10. The molecule has 0 saturated carbocycles. The summed E-state index contributed by atoms with van der Waals surface area (Å²) in [5.41, 5.74) is 2.02. The van der Waals surface area contributed by atoms with Gasteiger partial charge in [0.1, 0.15) is 5.75 Å². The van der Waals surface area contributed by atoms with Crippen molar-refractivity contribution in [3.63, 3.8) is 0 Å². The Hall–Kier alpha value is -1.19. The number of hydrogen-bond acceptors (Lipinski definition) is 3. The van der Waals surface area contributed by atoms with E-state index < -0.39 is 0 Å². The fraction of sp³-hybridized carbons (Fsp3) is 0.231. The molecule has 0 aliphatic heterocycles. The Bertz CT molecular complexity index is 505. The molecule has 0 amide bonds. The van der Waals surface area contributed by atoms with Gasteiger partial charge in [0.2, 0.25) is 0 Å². The first-order chi connectivity index (χ1) is 8.13. The second-order valence-electron chi connectivity index (χ2n) is 3.82. The van der Waals surface area contributed by atoms with Gasteiger partial charge in [0.15, 0.2) is 0 Å². The molecule has 4 heteroatoms. The smallest absolute Gasteiger partial charge is 0.118 e. The molecule has 89 valence electrons. The number of halogens is 1. The number of thiophene rings is 1. The van der Waals surface area contributed by atoms with Crippen LogP contribution in [0, 0.1) is 5.38 Å². The van der Waals surface area contributed by atoms with E-state index in [9.17, 15) is 0 Å². The van der Waals surface area contributed by atoms with Crippen molar-refractivity contribution in [2.24, 2.45) is 0 Å². The third kappa shape index (κ3) is 2.40. The van der Waals surface area contributed by atoms with Crippen molar-refractivity contribution in [3.8, 4) is 16.2 Å². The summed E-state index contributed by atoms with van der Waals surface area (Å²) in [5.74, 6) is 0.846. The van der Waals surface area contributed by atoms with E-state index in [4.69, 9.17) is 16.3 Å². The first-order valence-corrected chi connectivity index (χ1v) is 6.34. The van der Waals surface area contributed by atoms with Crippen molar-refractivity contribution in [3.05, 3.63) is 34.7 Å². The van der Waals surface area contributed by atoms with E-state index in [0.717, 1.165) is 26.9 Å². The van der Waals surface area contributed by atoms with Crippen LogP contribution >= 0.6 is 22.9 Å². The standard InChI is InChI=1S/C13H13ClNOS/c1-15(2)11-8-17-13(12(11)14)9-4-6-10(16-3)7-5-9/h4-7H,1-3H3. The topological polar surface area (TPSA) is 12.5 Å². The molecule has 0 atom stereocenters. The summed E-state index contributed by atoms with van der Waals surface area (Å²) in [6, 6.07) is 7.87. The highest BCUT2D eigenvalue weighted by Crippen LogP contribution is 2.40. The molecular formula is C13H13ClNOS. The molecular weight excluding hydrogens is 254 g/mol. The molecule has 17 heavy (non-hydrogen) atoms. The van der Waals surface area contributed by atoms with E-state index in [-0.39, 0.29) is 0 Å². The quantitative estimate of drug-likeness (QED) is 0.834. The van der Waals surface area contributed by atoms with Crippen molar-refractivity contribution >= 4 is 28.6 Å². The Labute approximate surface area is 110 Å². The van der Waals surface area contributed by atoms with Gasteiger partial charge in [-0.05, 0) is 29.8 Å². The van der Waals surface area contributed by atoms with Gasteiger partial charge < -0.3 is 9.64 Å². The van der Waals surface area contributed by atoms with Crippen LogP contribution < -0.4 is 9.64 Å². The van der Waals surface area contributed by atoms with E-state index in [1.807, 2.05) is 43.3 Å². The number of nitrogens with zero attached hydrogens (tertiary/aromatic N) is 1. The highest BCUT2D eigenvalue weighted by atomic mass is 35.5. The van der Waals surface area contributed by atoms with Crippen molar-refractivity contribution in [2.45, 2.75) is 0 Å². The first kappa shape index (κ1) is 12.3. The van der Waals surface area contributed by atoms with Gasteiger partial charge in [-0.3, -0.25) is 0 Å². The molecule has 2 rings (SSSR count). The number of methoxy groups -OCH3 is 1. The zero-order valence-corrected chi connectivity index (χ0v) is 11.5. The van der Waals surface area contributed by atoms with Gasteiger partial charge in [-0.2, -0.15) is 0 Å². The zero-order chi connectivity index (χ0) is 12.4. The average molecular weight is 267 g/mol. The van der Waals surface area contributed by atoms with Crippen LogP contribution in [0.2, 0.25) is 5.02 Å². The summed E-state index contributed by atoms with van der Waals surface area (Å²) in [5, 5.41) is 3.96. The lowest BCUT2D eigenvalue weighted by molar-refractivity contribution is 0.415. The average Bonchev–Trinajstić information content (AvgIpc) is 2.71. The van der Waals surface area contributed by atoms with Crippen LogP contribution in [0.1, 0.15) is 0 Å². The monoisotopic (exact) mass is 266 g/mol. The van der Waals surface area contributed by atoms with Crippen LogP contribution in [0.25, 0.3) is 10.4 Å². The maximum absolute atomic E-state index is 6.33. The van der Waals surface area contributed by atoms with Gasteiger partial charge in [-0.25, -0.2) is 0 Å². The van der Waals surface area contributed by atoms with Gasteiger partial charge in [0.05, 0.1) is 28.1 Å². The van der Waals surface area contributed by atoms with Gasteiger partial charge in [-0.1, -0.05) is 11.6 Å². The summed E-state index contributed by atoms with van der Waals surface area (Å²) < 4.78 is 5.13. The van der Waals surface area contributed by atoms with Crippen LogP contribution in [-0.4, -0.2) is 21.2 Å². The van der Waals surface area contributed by atoms with E-state index in [1.165, 1.54) is 11.3 Å². The molecule has 1 heterocycles. The maximum Gasteiger partial charge on any atom is 0.118 e. The molecule has 0 aliphatic carbocycles. The van der Waals surface area contributed by atoms with Crippen LogP contribution in [0.5, 0.6) is 5.75 Å². The lowest BCUT2D eigenvalue weighted by atomic mass is 10.2. The molecule has 2 aromatic rings.